The third-order valence-electron chi connectivity index (χ3n) is 3.21. The summed E-state index contributed by atoms with van der Waals surface area (Å²) in [6, 6.07) is 15.2. The van der Waals surface area contributed by atoms with Crippen molar-refractivity contribution in [2.24, 2.45) is 0 Å². The lowest BCUT2D eigenvalue weighted by atomic mass is 10.1. The van der Waals surface area contributed by atoms with Gasteiger partial charge in [0.05, 0.1) is 16.6 Å². The molecule has 1 atom stereocenters. The number of benzene rings is 1. The van der Waals surface area contributed by atoms with E-state index in [4.69, 9.17) is 0 Å². The lowest BCUT2D eigenvalue weighted by Crippen LogP contribution is -2.03. The highest BCUT2D eigenvalue weighted by molar-refractivity contribution is 7.84. The molecule has 0 spiro atoms. The van der Waals surface area contributed by atoms with Gasteiger partial charge in [0.25, 0.3) is 0 Å². The molecular formula is C17H16N4OS. The third-order valence-corrected chi connectivity index (χ3v) is 4.51. The second-order valence-electron chi connectivity index (χ2n) is 4.90. The van der Waals surface area contributed by atoms with Crippen LogP contribution in [0.4, 0.5) is 5.95 Å². The fourth-order valence-corrected chi connectivity index (χ4v) is 3.08. The molecular weight excluding hydrogens is 308 g/mol. The zero-order chi connectivity index (χ0) is 15.9. The Bertz CT molecular complexity index is 764. The molecule has 0 radical (unpaired) electrons. The second-order valence-corrected chi connectivity index (χ2v) is 6.30. The van der Waals surface area contributed by atoms with E-state index < -0.39 is 10.8 Å². The summed E-state index contributed by atoms with van der Waals surface area (Å²) in [5.41, 5.74) is 2.14. The Hall–Kier alpha value is -2.60. The minimum absolute atomic E-state index is 0.465. The van der Waals surface area contributed by atoms with Gasteiger partial charge in [-0.05, 0) is 29.3 Å². The zero-order valence-corrected chi connectivity index (χ0v) is 13.2. The first-order chi connectivity index (χ1) is 11.3. The van der Waals surface area contributed by atoms with E-state index in [0.717, 1.165) is 11.1 Å². The molecule has 3 aromatic rings. The molecule has 1 unspecified atom stereocenters. The van der Waals surface area contributed by atoms with Crippen molar-refractivity contribution < 1.29 is 4.21 Å². The molecule has 0 aliphatic carbocycles. The van der Waals surface area contributed by atoms with E-state index in [0.29, 0.717) is 23.3 Å². The zero-order valence-electron chi connectivity index (χ0n) is 12.4. The van der Waals surface area contributed by atoms with Gasteiger partial charge in [-0.2, -0.15) is 0 Å². The number of aromatic nitrogens is 3. The van der Waals surface area contributed by atoms with Crippen LogP contribution in [-0.2, 0) is 23.1 Å². The van der Waals surface area contributed by atoms with Gasteiger partial charge in [0.2, 0.25) is 5.95 Å². The van der Waals surface area contributed by atoms with Crippen molar-refractivity contribution in [1.82, 2.24) is 15.0 Å². The fraction of sp³-hybridized carbons (Fsp3) is 0.118. The Morgan fingerprint density at radius 3 is 2.22 bits per heavy atom. The molecule has 3 rings (SSSR count). The Morgan fingerprint density at radius 1 is 0.826 bits per heavy atom. The molecule has 2 heterocycles. The molecule has 0 bridgehead atoms. The van der Waals surface area contributed by atoms with Crippen molar-refractivity contribution in [3.05, 3.63) is 78.2 Å². The van der Waals surface area contributed by atoms with E-state index in [1.165, 1.54) is 0 Å². The van der Waals surface area contributed by atoms with Crippen LogP contribution in [0, 0.1) is 0 Å². The van der Waals surface area contributed by atoms with Crippen LogP contribution in [0.2, 0.25) is 0 Å². The van der Waals surface area contributed by atoms with E-state index in [1.54, 1.807) is 30.7 Å². The van der Waals surface area contributed by atoms with Crippen molar-refractivity contribution in [1.29, 1.82) is 0 Å². The standard InChI is InChI=1S/C17H16N4OS/c22-23(16-4-1-2-9-18-16)13-15-7-5-14(6-8-15)12-21-17-19-10-3-11-20-17/h1-11H,12-13H2,(H,19,20,21). The van der Waals surface area contributed by atoms with E-state index in [9.17, 15) is 4.21 Å². The lowest BCUT2D eigenvalue weighted by molar-refractivity contribution is 0.680. The molecule has 0 fully saturated rings. The predicted molar refractivity (Wildman–Crippen MR) is 90.2 cm³/mol. The van der Waals surface area contributed by atoms with E-state index >= 15 is 0 Å². The maximum Gasteiger partial charge on any atom is 0.222 e. The monoisotopic (exact) mass is 324 g/mol. The van der Waals surface area contributed by atoms with Crippen molar-refractivity contribution in [3.63, 3.8) is 0 Å². The molecule has 0 aliphatic rings. The van der Waals surface area contributed by atoms with Crippen molar-refractivity contribution >= 4 is 16.7 Å². The summed E-state index contributed by atoms with van der Waals surface area (Å²) >= 11 is 0. The number of nitrogens with zero attached hydrogens (tertiary/aromatic N) is 3. The van der Waals surface area contributed by atoms with Crippen LogP contribution in [0.3, 0.4) is 0 Å². The average Bonchev–Trinajstić information content (AvgIpc) is 2.63. The van der Waals surface area contributed by atoms with Gasteiger partial charge >= 0.3 is 0 Å². The van der Waals surface area contributed by atoms with Gasteiger partial charge in [-0.25, -0.2) is 15.0 Å². The molecule has 1 aromatic carbocycles. The first-order valence-corrected chi connectivity index (χ1v) is 8.51. The number of anilines is 1. The molecule has 6 heteroatoms. The van der Waals surface area contributed by atoms with Gasteiger partial charge in [0, 0.05) is 25.1 Å². The van der Waals surface area contributed by atoms with Gasteiger partial charge in [-0.3, -0.25) is 4.21 Å². The van der Waals surface area contributed by atoms with Gasteiger partial charge in [0.1, 0.15) is 5.03 Å². The highest BCUT2D eigenvalue weighted by Crippen LogP contribution is 2.12. The molecule has 0 saturated heterocycles. The summed E-state index contributed by atoms with van der Waals surface area (Å²) in [5.74, 6) is 1.07. The van der Waals surface area contributed by atoms with Gasteiger partial charge in [-0.1, -0.05) is 30.3 Å². The molecule has 1 N–H and O–H groups in total. The Morgan fingerprint density at radius 2 is 1.52 bits per heavy atom. The number of nitrogens with one attached hydrogen (secondary N) is 1. The molecule has 2 aromatic heterocycles. The maximum absolute atomic E-state index is 12.2. The Kier molecular flexibility index (Phi) is 5.06. The molecule has 0 saturated carbocycles. The highest BCUT2D eigenvalue weighted by atomic mass is 32.2. The smallest absolute Gasteiger partial charge is 0.222 e. The quantitative estimate of drug-likeness (QED) is 0.755. The first-order valence-electron chi connectivity index (χ1n) is 7.19. The molecule has 23 heavy (non-hydrogen) atoms. The van der Waals surface area contributed by atoms with Crippen LogP contribution in [0.5, 0.6) is 0 Å². The Balaban J connectivity index is 1.58. The topological polar surface area (TPSA) is 67.8 Å². The summed E-state index contributed by atoms with van der Waals surface area (Å²) in [5, 5.41) is 3.77. The highest BCUT2D eigenvalue weighted by Gasteiger charge is 2.06. The number of rotatable bonds is 6. The first kappa shape index (κ1) is 15.3. The normalized spacial score (nSPS) is 11.8. The number of hydrogen-bond acceptors (Lipinski definition) is 5. The molecule has 5 nitrogen and oxygen atoms in total. The Labute approximate surface area is 137 Å². The van der Waals surface area contributed by atoms with Crippen LogP contribution >= 0.6 is 0 Å². The van der Waals surface area contributed by atoms with Crippen molar-refractivity contribution in [2.45, 2.75) is 17.3 Å². The molecule has 116 valence electrons. The summed E-state index contributed by atoms with van der Waals surface area (Å²) in [6.45, 7) is 0.646. The van der Waals surface area contributed by atoms with Crippen LogP contribution in [-0.4, -0.2) is 19.2 Å². The molecule has 0 amide bonds. The van der Waals surface area contributed by atoms with Crippen LogP contribution in [0.15, 0.2) is 72.1 Å². The summed E-state index contributed by atoms with van der Waals surface area (Å²) in [7, 11) is -1.12. The largest absolute Gasteiger partial charge is 0.350 e. The van der Waals surface area contributed by atoms with Crippen molar-refractivity contribution in [3.8, 4) is 0 Å². The fourth-order valence-electron chi connectivity index (χ4n) is 2.03. The van der Waals surface area contributed by atoms with Gasteiger partial charge in [-0.15, -0.1) is 0 Å². The van der Waals surface area contributed by atoms with E-state index in [2.05, 4.69) is 20.3 Å². The van der Waals surface area contributed by atoms with E-state index in [1.807, 2.05) is 36.4 Å². The molecule has 0 aliphatic heterocycles. The number of pyridine rings is 1. The lowest BCUT2D eigenvalue weighted by Gasteiger charge is -2.06. The SMILES string of the molecule is O=S(Cc1ccc(CNc2ncccn2)cc1)c1ccccn1. The van der Waals surface area contributed by atoms with Gasteiger partial charge < -0.3 is 5.32 Å². The van der Waals surface area contributed by atoms with Crippen LogP contribution in [0.25, 0.3) is 0 Å². The number of hydrogen-bond donors (Lipinski definition) is 1. The van der Waals surface area contributed by atoms with Crippen LogP contribution < -0.4 is 5.32 Å². The summed E-state index contributed by atoms with van der Waals surface area (Å²) in [6.07, 6.45) is 5.06. The predicted octanol–water partition coefficient (Wildman–Crippen LogP) is 2.79. The minimum Gasteiger partial charge on any atom is -0.350 e. The maximum atomic E-state index is 12.2. The van der Waals surface area contributed by atoms with E-state index in [-0.39, 0.29) is 0 Å². The summed E-state index contributed by atoms with van der Waals surface area (Å²) < 4.78 is 12.2. The van der Waals surface area contributed by atoms with Crippen LogP contribution in [0.1, 0.15) is 11.1 Å². The average molecular weight is 324 g/mol. The van der Waals surface area contributed by atoms with Crippen molar-refractivity contribution in [2.75, 3.05) is 5.32 Å². The minimum atomic E-state index is -1.12. The van der Waals surface area contributed by atoms with Gasteiger partial charge in [0.15, 0.2) is 0 Å². The summed E-state index contributed by atoms with van der Waals surface area (Å²) in [4.78, 5) is 12.4. The third kappa shape index (κ3) is 4.43. The second kappa shape index (κ2) is 7.60.